The second-order valence-corrected chi connectivity index (χ2v) is 4.08. The molecule has 92 valence electrons. The first-order chi connectivity index (χ1) is 8.10. The van der Waals surface area contributed by atoms with Gasteiger partial charge in [0.15, 0.2) is 0 Å². The average Bonchev–Trinajstić information content (AvgIpc) is 2.69. The summed E-state index contributed by atoms with van der Waals surface area (Å²) in [6.45, 7) is -0.117. The lowest BCUT2D eigenvalue weighted by molar-refractivity contribution is -0.192. The van der Waals surface area contributed by atoms with Crippen LogP contribution in [0.15, 0.2) is 5.57 Å². The van der Waals surface area contributed by atoms with E-state index >= 15 is 0 Å². The van der Waals surface area contributed by atoms with Gasteiger partial charge in [0.05, 0.1) is 13.0 Å². The largest absolute Gasteiger partial charge is 0.469 e. The van der Waals surface area contributed by atoms with Crippen molar-refractivity contribution in [2.24, 2.45) is 5.92 Å². The molecule has 2 rings (SSSR count). The molecular formula is C11H12O6. The molecule has 0 N–H and O–H groups in total. The maximum atomic E-state index is 11.5. The average molecular weight is 240 g/mol. The van der Waals surface area contributed by atoms with E-state index in [-0.39, 0.29) is 13.0 Å². The van der Waals surface area contributed by atoms with E-state index in [0.717, 1.165) is 0 Å². The first kappa shape index (κ1) is 11.8. The molecule has 2 atom stereocenters. The Morgan fingerprint density at radius 3 is 2.88 bits per heavy atom. The SMILES string of the molecule is COC(=O)C1CC2(CCC1=C=O)OCC(=O)O2. The van der Waals surface area contributed by atoms with E-state index in [4.69, 9.17) is 9.47 Å². The standard InChI is InChI=1S/C11H12O6/c1-15-10(14)8-4-11(3-2-7(8)5-12)16-6-9(13)17-11/h8H,2-4,6H2,1H3. The van der Waals surface area contributed by atoms with Gasteiger partial charge in [0.2, 0.25) is 5.79 Å². The van der Waals surface area contributed by atoms with Crippen LogP contribution in [-0.4, -0.2) is 37.4 Å². The summed E-state index contributed by atoms with van der Waals surface area (Å²) in [6, 6.07) is 0. The summed E-state index contributed by atoms with van der Waals surface area (Å²) in [5.74, 6) is -1.04. The maximum absolute atomic E-state index is 11.5. The van der Waals surface area contributed by atoms with Crippen molar-refractivity contribution in [1.82, 2.24) is 0 Å². The number of hydrogen-bond donors (Lipinski definition) is 0. The highest BCUT2D eigenvalue weighted by Gasteiger charge is 2.49. The Hall–Kier alpha value is -1.65. The molecule has 0 aromatic carbocycles. The summed E-state index contributed by atoms with van der Waals surface area (Å²) in [7, 11) is 1.24. The molecule has 0 aromatic heterocycles. The number of methoxy groups -OCH3 is 1. The summed E-state index contributed by atoms with van der Waals surface area (Å²) >= 11 is 0. The number of rotatable bonds is 1. The summed E-state index contributed by atoms with van der Waals surface area (Å²) in [5.41, 5.74) is 0.342. The Morgan fingerprint density at radius 1 is 1.59 bits per heavy atom. The van der Waals surface area contributed by atoms with Crippen LogP contribution in [0.2, 0.25) is 0 Å². The zero-order valence-corrected chi connectivity index (χ0v) is 9.36. The number of carbonyl (C=O) groups excluding carboxylic acids is 3. The van der Waals surface area contributed by atoms with Crippen LogP contribution in [0.3, 0.4) is 0 Å². The van der Waals surface area contributed by atoms with Gasteiger partial charge in [-0.25, -0.2) is 9.59 Å². The highest BCUT2D eigenvalue weighted by atomic mass is 16.8. The van der Waals surface area contributed by atoms with Gasteiger partial charge in [-0.1, -0.05) is 0 Å². The highest BCUT2D eigenvalue weighted by molar-refractivity contribution is 5.80. The van der Waals surface area contributed by atoms with Gasteiger partial charge in [-0.05, 0) is 6.42 Å². The summed E-state index contributed by atoms with van der Waals surface area (Å²) in [5, 5.41) is 0. The molecule has 2 unspecified atom stereocenters. The number of esters is 2. The Morgan fingerprint density at radius 2 is 2.35 bits per heavy atom. The fraction of sp³-hybridized carbons (Fsp3) is 0.636. The Balaban J connectivity index is 2.20. The Kier molecular flexibility index (Phi) is 3.00. The van der Waals surface area contributed by atoms with Crippen LogP contribution in [-0.2, 0) is 28.6 Å². The molecule has 2 fully saturated rings. The fourth-order valence-corrected chi connectivity index (χ4v) is 2.21. The predicted molar refractivity (Wildman–Crippen MR) is 53.3 cm³/mol. The van der Waals surface area contributed by atoms with Crippen molar-refractivity contribution in [3.05, 3.63) is 5.57 Å². The zero-order chi connectivity index (χ0) is 12.5. The third-order valence-corrected chi connectivity index (χ3v) is 3.08. The second kappa shape index (κ2) is 4.31. The van der Waals surface area contributed by atoms with Gasteiger partial charge >= 0.3 is 11.9 Å². The van der Waals surface area contributed by atoms with Gasteiger partial charge < -0.3 is 14.2 Å². The molecular weight excluding hydrogens is 228 g/mol. The molecule has 1 saturated heterocycles. The topological polar surface area (TPSA) is 78.9 Å². The van der Waals surface area contributed by atoms with Crippen molar-refractivity contribution >= 4 is 17.9 Å². The minimum atomic E-state index is -1.07. The van der Waals surface area contributed by atoms with Crippen LogP contribution >= 0.6 is 0 Å². The van der Waals surface area contributed by atoms with Crippen molar-refractivity contribution in [3.63, 3.8) is 0 Å². The van der Waals surface area contributed by atoms with Crippen LogP contribution in [0.4, 0.5) is 0 Å². The molecule has 0 bridgehead atoms. The van der Waals surface area contributed by atoms with E-state index in [9.17, 15) is 14.4 Å². The minimum absolute atomic E-state index is 0.117. The minimum Gasteiger partial charge on any atom is -0.469 e. The first-order valence-electron chi connectivity index (χ1n) is 5.28. The van der Waals surface area contributed by atoms with E-state index in [1.54, 1.807) is 5.94 Å². The quantitative estimate of drug-likeness (QED) is 0.473. The zero-order valence-electron chi connectivity index (χ0n) is 9.36. The first-order valence-corrected chi connectivity index (χ1v) is 5.28. The van der Waals surface area contributed by atoms with Crippen LogP contribution in [0, 0.1) is 5.92 Å². The molecule has 17 heavy (non-hydrogen) atoms. The number of carbonyl (C=O) groups is 2. The lowest BCUT2D eigenvalue weighted by atomic mass is 9.81. The van der Waals surface area contributed by atoms with Gasteiger partial charge in [0, 0.05) is 18.4 Å². The Labute approximate surface area is 97.5 Å². The van der Waals surface area contributed by atoms with E-state index in [0.29, 0.717) is 18.4 Å². The van der Waals surface area contributed by atoms with E-state index < -0.39 is 23.6 Å². The molecule has 0 aromatic rings. The maximum Gasteiger partial charge on any atom is 0.334 e. The lowest BCUT2D eigenvalue weighted by Gasteiger charge is -2.34. The highest BCUT2D eigenvalue weighted by Crippen LogP contribution is 2.41. The van der Waals surface area contributed by atoms with Crippen LogP contribution in [0.1, 0.15) is 19.3 Å². The molecule has 2 aliphatic rings. The molecule has 1 saturated carbocycles. The molecule has 1 aliphatic heterocycles. The van der Waals surface area contributed by atoms with E-state index in [1.165, 1.54) is 7.11 Å². The van der Waals surface area contributed by atoms with Gasteiger partial charge in [-0.3, -0.25) is 4.79 Å². The molecule has 6 heteroatoms. The molecule has 1 heterocycles. The van der Waals surface area contributed by atoms with Crippen molar-refractivity contribution < 1.29 is 28.6 Å². The van der Waals surface area contributed by atoms with Crippen molar-refractivity contribution in [1.29, 1.82) is 0 Å². The van der Waals surface area contributed by atoms with Gasteiger partial charge in [0.25, 0.3) is 0 Å². The van der Waals surface area contributed by atoms with Gasteiger partial charge in [0.1, 0.15) is 12.5 Å². The monoisotopic (exact) mass is 240 g/mol. The molecule has 0 amide bonds. The lowest BCUT2D eigenvalue weighted by Crippen LogP contribution is -2.40. The van der Waals surface area contributed by atoms with Crippen molar-refractivity contribution in [3.8, 4) is 0 Å². The predicted octanol–water partition coefficient (Wildman–Crippen LogP) is -0.0128. The molecule has 0 radical (unpaired) electrons. The second-order valence-electron chi connectivity index (χ2n) is 4.08. The van der Waals surface area contributed by atoms with Crippen LogP contribution in [0.5, 0.6) is 0 Å². The van der Waals surface area contributed by atoms with Gasteiger partial charge in [-0.15, -0.1) is 0 Å². The third-order valence-electron chi connectivity index (χ3n) is 3.08. The van der Waals surface area contributed by atoms with E-state index in [2.05, 4.69) is 4.74 Å². The van der Waals surface area contributed by atoms with Crippen LogP contribution in [0.25, 0.3) is 0 Å². The molecule has 1 aliphatic carbocycles. The number of ether oxygens (including phenoxy) is 3. The normalized spacial score (nSPS) is 32.2. The van der Waals surface area contributed by atoms with E-state index in [1.807, 2.05) is 0 Å². The summed E-state index contributed by atoms with van der Waals surface area (Å²) < 4.78 is 15.0. The summed E-state index contributed by atoms with van der Waals surface area (Å²) in [4.78, 5) is 33.3. The number of hydrogen-bond acceptors (Lipinski definition) is 6. The fourth-order valence-electron chi connectivity index (χ4n) is 2.21. The smallest absolute Gasteiger partial charge is 0.334 e. The summed E-state index contributed by atoms with van der Waals surface area (Å²) in [6.07, 6.45) is 0.809. The van der Waals surface area contributed by atoms with Crippen LogP contribution < -0.4 is 0 Å². The van der Waals surface area contributed by atoms with Gasteiger partial charge in [-0.2, -0.15) is 0 Å². The Bertz CT molecular complexity index is 408. The molecule has 6 nitrogen and oxygen atoms in total. The van der Waals surface area contributed by atoms with Crippen molar-refractivity contribution in [2.75, 3.05) is 13.7 Å². The molecule has 1 spiro atoms. The third kappa shape index (κ3) is 2.09. The van der Waals surface area contributed by atoms with Crippen molar-refractivity contribution in [2.45, 2.75) is 25.0 Å².